The molecule has 0 saturated carbocycles. The van der Waals surface area contributed by atoms with E-state index < -0.39 is 0 Å². The zero-order valence-electron chi connectivity index (χ0n) is 10.1. The standard InChI is InChI=1S/C12H22N2O/c1-10(2)8-14-7-5-12(9-14)4-6-13(3)11(12)15/h10H,4-9H2,1-3H3/t12-/m0/s1. The van der Waals surface area contributed by atoms with E-state index in [4.69, 9.17) is 0 Å². The number of hydrogen-bond donors (Lipinski definition) is 0. The minimum absolute atomic E-state index is 0.0103. The van der Waals surface area contributed by atoms with Gasteiger partial charge in [-0.15, -0.1) is 0 Å². The smallest absolute Gasteiger partial charge is 0.229 e. The molecule has 0 N–H and O–H groups in total. The molecule has 0 aliphatic carbocycles. The van der Waals surface area contributed by atoms with E-state index in [0.29, 0.717) is 11.8 Å². The van der Waals surface area contributed by atoms with Crippen molar-refractivity contribution < 1.29 is 4.79 Å². The molecule has 1 amide bonds. The number of carbonyl (C=O) groups is 1. The summed E-state index contributed by atoms with van der Waals surface area (Å²) in [6, 6.07) is 0. The van der Waals surface area contributed by atoms with Crippen LogP contribution in [0.4, 0.5) is 0 Å². The average Bonchev–Trinajstić information content (AvgIpc) is 2.67. The van der Waals surface area contributed by atoms with E-state index in [0.717, 1.165) is 39.0 Å². The van der Waals surface area contributed by atoms with Crippen LogP contribution in [0.3, 0.4) is 0 Å². The predicted octanol–water partition coefficient (Wildman–Crippen LogP) is 1.20. The lowest BCUT2D eigenvalue weighted by Crippen LogP contribution is -2.36. The topological polar surface area (TPSA) is 23.6 Å². The minimum atomic E-state index is -0.0103. The molecule has 86 valence electrons. The fourth-order valence-corrected chi connectivity index (χ4v) is 3.00. The third-order valence-corrected chi connectivity index (χ3v) is 3.78. The molecule has 1 atom stereocenters. The SMILES string of the molecule is CC(C)CN1CC[C@@]2(CCN(C)C2=O)C1. The van der Waals surface area contributed by atoms with Crippen LogP contribution in [0.25, 0.3) is 0 Å². The average molecular weight is 210 g/mol. The van der Waals surface area contributed by atoms with Gasteiger partial charge in [-0.05, 0) is 25.3 Å². The molecule has 0 unspecified atom stereocenters. The van der Waals surface area contributed by atoms with Crippen LogP contribution in [0.15, 0.2) is 0 Å². The molecule has 0 bridgehead atoms. The van der Waals surface area contributed by atoms with Gasteiger partial charge in [-0.25, -0.2) is 0 Å². The molecule has 1 spiro atoms. The highest BCUT2D eigenvalue weighted by atomic mass is 16.2. The summed E-state index contributed by atoms with van der Waals surface area (Å²) in [6.07, 6.45) is 2.14. The summed E-state index contributed by atoms with van der Waals surface area (Å²) in [4.78, 5) is 16.4. The molecule has 2 heterocycles. The van der Waals surface area contributed by atoms with E-state index in [1.54, 1.807) is 0 Å². The first-order valence-electron chi connectivity index (χ1n) is 6.01. The number of nitrogens with zero attached hydrogens (tertiary/aromatic N) is 2. The summed E-state index contributed by atoms with van der Waals surface area (Å²) in [5.41, 5.74) is -0.0103. The number of carbonyl (C=O) groups excluding carboxylic acids is 1. The van der Waals surface area contributed by atoms with E-state index in [9.17, 15) is 4.79 Å². The van der Waals surface area contributed by atoms with Gasteiger partial charge < -0.3 is 9.80 Å². The second-order valence-electron chi connectivity index (χ2n) is 5.64. The van der Waals surface area contributed by atoms with Gasteiger partial charge in [0.1, 0.15) is 0 Å². The van der Waals surface area contributed by atoms with Gasteiger partial charge in [-0.2, -0.15) is 0 Å². The molecule has 0 aromatic heterocycles. The Balaban J connectivity index is 2.00. The number of likely N-dealkylation sites (tertiary alicyclic amines) is 2. The lowest BCUT2D eigenvalue weighted by molar-refractivity contribution is -0.134. The lowest BCUT2D eigenvalue weighted by atomic mass is 9.85. The molecule has 2 aliphatic rings. The fourth-order valence-electron chi connectivity index (χ4n) is 3.00. The summed E-state index contributed by atoms with van der Waals surface area (Å²) in [6.45, 7) is 8.68. The van der Waals surface area contributed by atoms with Gasteiger partial charge in [-0.3, -0.25) is 4.79 Å². The van der Waals surface area contributed by atoms with E-state index in [1.807, 2.05) is 11.9 Å². The Labute approximate surface area is 92.4 Å². The van der Waals surface area contributed by atoms with Crippen molar-refractivity contribution in [1.29, 1.82) is 0 Å². The number of amides is 1. The van der Waals surface area contributed by atoms with Crippen LogP contribution in [0.2, 0.25) is 0 Å². The molecule has 0 aromatic rings. The summed E-state index contributed by atoms with van der Waals surface area (Å²) >= 11 is 0. The zero-order valence-corrected chi connectivity index (χ0v) is 10.1. The van der Waals surface area contributed by atoms with Crippen molar-refractivity contribution >= 4 is 5.91 Å². The quantitative estimate of drug-likeness (QED) is 0.683. The molecule has 0 radical (unpaired) electrons. The van der Waals surface area contributed by atoms with Crippen LogP contribution in [0, 0.1) is 11.3 Å². The van der Waals surface area contributed by atoms with Crippen molar-refractivity contribution in [2.24, 2.45) is 11.3 Å². The summed E-state index contributed by atoms with van der Waals surface area (Å²) < 4.78 is 0. The molecule has 3 nitrogen and oxygen atoms in total. The van der Waals surface area contributed by atoms with Gasteiger partial charge in [0.15, 0.2) is 0 Å². The normalized spacial score (nSPS) is 32.5. The summed E-state index contributed by atoms with van der Waals surface area (Å²) in [5, 5.41) is 0. The van der Waals surface area contributed by atoms with Crippen molar-refractivity contribution in [3.63, 3.8) is 0 Å². The molecule has 2 rings (SSSR count). The Morgan fingerprint density at radius 2 is 2.00 bits per heavy atom. The Bertz CT molecular complexity index is 264. The molecule has 2 saturated heterocycles. The number of rotatable bonds is 2. The van der Waals surface area contributed by atoms with Crippen molar-refractivity contribution in [2.75, 3.05) is 33.2 Å². The van der Waals surface area contributed by atoms with E-state index in [-0.39, 0.29) is 5.41 Å². The van der Waals surface area contributed by atoms with Crippen molar-refractivity contribution in [1.82, 2.24) is 9.80 Å². The highest BCUT2D eigenvalue weighted by molar-refractivity contribution is 5.85. The Morgan fingerprint density at radius 1 is 1.33 bits per heavy atom. The first-order valence-corrected chi connectivity index (χ1v) is 6.01. The van der Waals surface area contributed by atoms with Gasteiger partial charge in [0.05, 0.1) is 5.41 Å². The highest BCUT2D eigenvalue weighted by Crippen LogP contribution is 2.40. The second-order valence-corrected chi connectivity index (χ2v) is 5.64. The van der Waals surface area contributed by atoms with Crippen molar-refractivity contribution in [3.05, 3.63) is 0 Å². The Kier molecular flexibility index (Phi) is 2.75. The maximum atomic E-state index is 12.1. The highest BCUT2D eigenvalue weighted by Gasteiger charge is 2.49. The van der Waals surface area contributed by atoms with Gasteiger partial charge in [0.25, 0.3) is 0 Å². The molecule has 3 heteroatoms. The predicted molar refractivity (Wildman–Crippen MR) is 60.6 cm³/mol. The summed E-state index contributed by atoms with van der Waals surface area (Å²) in [7, 11) is 1.93. The second kappa shape index (κ2) is 3.78. The maximum absolute atomic E-state index is 12.1. The third-order valence-electron chi connectivity index (χ3n) is 3.78. The summed E-state index contributed by atoms with van der Waals surface area (Å²) in [5.74, 6) is 1.09. The molecule has 0 aromatic carbocycles. The molecule has 15 heavy (non-hydrogen) atoms. The minimum Gasteiger partial charge on any atom is -0.345 e. The fraction of sp³-hybridized carbons (Fsp3) is 0.917. The van der Waals surface area contributed by atoms with Crippen molar-refractivity contribution in [3.8, 4) is 0 Å². The number of hydrogen-bond acceptors (Lipinski definition) is 2. The third kappa shape index (κ3) is 1.89. The zero-order chi connectivity index (χ0) is 11.1. The largest absolute Gasteiger partial charge is 0.345 e. The molecular weight excluding hydrogens is 188 g/mol. The van der Waals surface area contributed by atoms with Crippen LogP contribution < -0.4 is 0 Å². The first-order chi connectivity index (χ1) is 7.03. The van der Waals surface area contributed by atoms with E-state index in [2.05, 4.69) is 18.7 Å². The molecule has 2 aliphatic heterocycles. The van der Waals surface area contributed by atoms with Crippen LogP contribution >= 0.6 is 0 Å². The van der Waals surface area contributed by atoms with Gasteiger partial charge in [0, 0.05) is 26.7 Å². The Morgan fingerprint density at radius 3 is 2.53 bits per heavy atom. The van der Waals surface area contributed by atoms with Crippen LogP contribution in [-0.2, 0) is 4.79 Å². The van der Waals surface area contributed by atoms with Crippen LogP contribution in [-0.4, -0.2) is 48.9 Å². The molecule has 2 fully saturated rings. The van der Waals surface area contributed by atoms with Crippen LogP contribution in [0.1, 0.15) is 26.7 Å². The van der Waals surface area contributed by atoms with Gasteiger partial charge >= 0.3 is 0 Å². The van der Waals surface area contributed by atoms with Gasteiger partial charge in [-0.1, -0.05) is 13.8 Å². The first kappa shape index (κ1) is 10.9. The lowest BCUT2D eigenvalue weighted by Gasteiger charge is -2.23. The van der Waals surface area contributed by atoms with Gasteiger partial charge in [0.2, 0.25) is 5.91 Å². The Hall–Kier alpha value is -0.570. The monoisotopic (exact) mass is 210 g/mol. The molecular formula is C12H22N2O. The van der Waals surface area contributed by atoms with Crippen LogP contribution in [0.5, 0.6) is 0 Å². The van der Waals surface area contributed by atoms with Crippen molar-refractivity contribution in [2.45, 2.75) is 26.7 Å². The maximum Gasteiger partial charge on any atom is 0.229 e. The van der Waals surface area contributed by atoms with E-state index >= 15 is 0 Å². The van der Waals surface area contributed by atoms with E-state index in [1.165, 1.54) is 0 Å².